The highest BCUT2D eigenvalue weighted by molar-refractivity contribution is 5.51. The van der Waals surface area contributed by atoms with E-state index in [9.17, 15) is 10.1 Å². The molecule has 0 heterocycles. The first-order chi connectivity index (χ1) is 9.89. The first-order valence-electron chi connectivity index (χ1n) is 6.41. The van der Waals surface area contributed by atoms with Crippen LogP contribution in [0.25, 0.3) is 0 Å². The third-order valence-electron chi connectivity index (χ3n) is 2.89. The number of nitro benzene ring substituents is 1. The third kappa shape index (κ3) is 5.09. The zero-order valence-corrected chi connectivity index (χ0v) is 11.7. The van der Waals surface area contributed by atoms with Crippen LogP contribution in [0.15, 0.2) is 18.2 Å². The molecule has 0 amide bonds. The Morgan fingerprint density at radius 2 is 2.14 bits per heavy atom. The molecule has 7 heteroatoms. The van der Waals surface area contributed by atoms with E-state index < -0.39 is 10.5 Å². The zero-order chi connectivity index (χ0) is 15.9. The van der Waals surface area contributed by atoms with E-state index in [4.69, 9.17) is 21.0 Å². The lowest BCUT2D eigenvalue weighted by Gasteiger charge is -2.14. The standard InChI is InChI=1S/C14H16N4O3/c1-14(17,10-16)6-2-3-7-21-13-5-4-11(9-15)8-12(13)18(19)20/h4-5,8H,2-3,6-7,17H2,1H3. The summed E-state index contributed by atoms with van der Waals surface area (Å²) in [5.41, 5.74) is 4.81. The van der Waals surface area contributed by atoms with Crippen molar-refractivity contribution in [3.63, 3.8) is 0 Å². The lowest BCUT2D eigenvalue weighted by Crippen LogP contribution is -2.33. The lowest BCUT2D eigenvalue weighted by molar-refractivity contribution is -0.385. The molecule has 1 atom stereocenters. The van der Waals surface area contributed by atoms with Gasteiger partial charge in [-0.05, 0) is 38.3 Å². The highest BCUT2D eigenvalue weighted by atomic mass is 16.6. The summed E-state index contributed by atoms with van der Waals surface area (Å²) < 4.78 is 5.37. The van der Waals surface area contributed by atoms with Gasteiger partial charge in [0.2, 0.25) is 0 Å². The Bertz CT molecular complexity index is 599. The third-order valence-corrected chi connectivity index (χ3v) is 2.89. The van der Waals surface area contributed by atoms with Gasteiger partial charge in [-0.2, -0.15) is 10.5 Å². The molecule has 2 N–H and O–H groups in total. The Hall–Kier alpha value is -2.64. The average molecular weight is 288 g/mol. The van der Waals surface area contributed by atoms with Gasteiger partial charge in [0.15, 0.2) is 5.75 Å². The maximum Gasteiger partial charge on any atom is 0.312 e. The van der Waals surface area contributed by atoms with Gasteiger partial charge in [-0.1, -0.05) is 0 Å². The quantitative estimate of drug-likeness (QED) is 0.466. The minimum Gasteiger partial charge on any atom is -0.487 e. The summed E-state index contributed by atoms with van der Waals surface area (Å²) in [6.07, 6.45) is 1.85. The van der Waals surface area contributed by atoms with E-state index >= 15 is 0 Å². The van der Waals surface area contributed by atoms with Crippen molar-refractivity contribution in [2.45, 2.75) is 31.7 Å². The van der Waals surface area contributed by atoms with Crippen molar-refractivity contribution in [2.75, 3.05) is 6.61 Å². The fraction of sp³-hybridized carbons (Fsp3) is 0.429. The van der Waals surface area contributed by atoms with Gasteiger partial charge in [0, 0.05) is 6.07 Å². The maximum atomic E-state index is 10.9. The molecular formula is C14H16N4O3. The monoisotopic (exact) mass is 288 g/mol. The van der Waals surface area contributed by atoms with E-state index in [0.29, 0.717) is 19.3 Å². The van der Waals surface area contributed by atoms with Gasteiger partial charge in [-0.25, -0.2) is 0 Å². The van der Waals surface area contributed by atoms with Gasteiger partial charge in [-0.3, -0.25) is 10.1 Å². The molecule has 0 bridgehead atoms. The number of hydrogen-bond acceptors (Lipinski definition) is 6. The van der Waals surface area contributed by atoms with Crippen LogP contribution in [0.2, 0.25) is 0 Å². The molecule has 0 aliphatic carbocycles. The molecule has 1 aromatic carbocycles. The summed E-state index contributed by atoms with van der Waals surface area (Å²) in [5.74, 6) is 0.134. The number of ether oxygens (including phenoxy) is 1. The number of rotatable bonds is 7. The van der Waals surface area contributed by atoms with Crippen LogP contribution in [0.3, 0.4) is 0 Å². The topological polar surface area (TPSA) is 126 Å². The van der Waals surface area contributed by atoms with E-state index in [1.807, 2.05) is 12.1 Å². The van der Waals surface area contributed by atoms with Crippen LogP contribution in [0.5, 0.6) is 5.75 Å². The summed E-state index contributed by atoms with van der Waals surface area (Å²) in [5, 5.41) is 28.4. The molecule has 0 aliphatic heterocycles. The highest BCUT2D eigenvalue weighted by Gasteiger charge is 2.17. The number of nitrogens with two attached hydrogens (primary N) is 1. The van der Waals surface area contributed by atoms with Crippen molar-refractivity contribution in [1.29, 1.82) is 10.5 Å². The lowest BCUT2D eigenvalue weighted by atomic mass is 9.98. The molecule has 1 rings (SSSR count). The average Bonchev–Trinajstić information content (AvgIpc) is 2.46. The minimum absolute atomic E-state index is 0.134. The fourth-order valence-electron chi connectivity index (χ4n) is 1.68. The number of nitro groups is 1. The van der Waals surface area contributed by atoms with Gasteiger partial charge < -0.3 is 10.5 Å². The first-order valence-corrected chi connectivity index (χ1v) is 6.41. The summed E-state index contributed by atoms with van der Waals surface area (Å²) in [7, 11) is 0. The van der Waals surface area contributed by atoms with E-state index in [-0.39, 0.29) is 23.6 Å². The second-order valence-corrected chi connectivity index (χ2v) is 4.89. The SMILES string of the molecule is CC(N)(C#N)CCCCOc1ccc(C#N)cc1[N+](=O)[O-]. The van der Waals surface area contributed by atoms with Crippen LogP contribution in [0.1, 0.15) is 31.7 Å². The smallest absolute Gasteiger partial charge is 0.312 e. The van der Waals surface area contributed by atoms with Crippen LogP contribution in [-0.4, -0.2) is 17.1 Å². The van der Waals surface area contributed by atoms with Crippen LogP contribution in [0, 0.1) is 32.8 Å². The molecule has 1 aromatic rings. The minimum atomic E-state index is -0.861. The molecular weight excluding hydrogens is 272 g/mol. The Morgan fingerprint density at radius 1 is 1.43 bits per heavy atom. The molecule has 0 saturated carbocycles. The van der Waals surface area contributed by atoms with Gasteiger partial charge in [0.1, 0.15) is 5.54 Å². The molecule has 0 spiro atoms. The second kappa shape index (κ2) is 7.22. The van der Waals surface area contributed by atoms with E-state index in [1.54, 1.807) is 6.92 Å². The molecule has 0 aromatic heterocycles. The van der Waals surface area contributed by atoms with Crippen molar-refractivity contribution >= 4 is 5.69 Å². The molecule has 21 heavy (non-hydrogen) atoms. The Balaban J connectivity index is 2.55. The predicted molar refractivity (Wildman–Crippen MR) is 75.4 cm³/mol. The molecule has 110 valence electrons. The summed E-state index contributed by atoms with van der Waals surface area (Å²) >= 11 is 0. The number of benzene rings is 1. The molecule has 7 nitrogen and oxygen atoms in total. The van der Waals surface area contributed by atoms with E-state index in [0.717, 1.165) is 0 Å². The van der Waals surface area contributed by atoms with Crippen LogP contribution in [0.4, 0.5) is 5.69 Å². The number of hydrogen-bond donors (Lipinski definition) is 1. The van der Waals surface area contributed by atoms with Crippen molar-refractivity contribution in [2.24, 2.45) is 5.73 Å². The van der Waals surface area contributed by atoms with Crippen LogP contribution in [-0.2, 0) is 0 Å². The number of unbranched alkanes of at least 4 members (excludes halogenated alkanes) is 1. The van der Waals surface area contributed by atoms with E-state index in [2.05, 4.69) is 0 Å². The first kappa shape index (κ1) is 16.4. The van der Waals surface area contributed by atoms with Gasteiger partial charge in [0.25, 0.3) is 0 Å². The Labute approximate surface area is 122 Å². The number of nitrogens with zero attached hydrogens (tertiary/aromatic N) is 3. The van der Waals surface area contributed by atoms with Gasteiger partial charge in [0.05, 0.1) is 29.2 Å². The largest absolute Gasteiger partial charge is 0.487 e. The Kier molecular flexibility index (Phi) is 5.65. The van der Waals surface area contributed by atoms with Crippen molar-refractivity contribution < 1.29 is 9.66 Å². The summed E-state index contributed by atoms with van der Waals surface area (Å²) in [6, 6.07) is 7.91. The van der Waals surface area contributed by atoms with Crippen molar-refractivity contribution in [1.82, 2.24) is 0 Å². The van der Waals surface area contributed by atoms with Crippen LogP contribution < -0.4 is 10.5 Å². The van der Waals surface area contributed by atoms with Gasteiger partial charge >= 0.3 is 5.69 Å². The summed E-state index contributed by atoms with van der Waals surface area (Å²) in [6.45, 7) is 1.94. The second-order valence-electron chi connectivity index (χ2n) is 4.89. The molecule has 0 fully saturated rings. The van der Waals surface area contributed by atoms with Crippen molar-refractivity contribution in [3.05, 3.63) is 33.9 Å². The van der Waals surface area contributed by atoms with E-state index in [1.165, 1.54) is 18.2 Å². The maximum absolute atomic E-state index is 10.9. The summed E-state index contributed by atoms with van der Waals surface area (Å²) in [4.78, 5) is 10.3. The highest BCUT2D eigenvalue weighted by Crippen LogP contribution is 2.28. The molecule has 1 unspecified atom stereocenters. The molecule has 0 saturated heterocycles. The van der Waals surface area contributed by atoms with Crippen molar-refractivity contribution in [3.8, 4) is 17.9 Å². The zero-order valence-electron chi connectivity index (χ0n) is 11.7. The molecule has 0 aliphatic rings. The Morgan fingerprint density at radius 3 is 2.71 bits per heavy atom. The number of nitriles is 2. The van der Waals surface area contributed by atoms with Crippen LogP contribution >= 0.6 is 0 Å². The normalized spacial score (nSPS) is 12.8. The molecule has 0 radical (unpaired) electrons. The van der Waals surface area contributed by atoms with Gasteiger partial charge in [-0.15, -0.1) is 0 Å². The predicted octanol–water partition coefficient (Wildman–Crippen LogP) is 2.26. The fourth-order valence-corrected chi connectivity index (χ4v) is 1.68.